The lowest BCUT2D eigenvalue weighted by Gasteiger charge is -2.07. The Labute approximate surface area is 118 Å². The Morgan fingerprint density at radius 1 is 1.25 bits per heavy atom. The third-order valence-electron chi connectivity index (χ3n) is 2.76. The van der Waals surface area contributed by atoms with Crippen molar-refractivity contribution in [1.82, 2.24) is 4.98 Å². The molecule has 0 aliphatic heterocycles. The Hall–Kier alpha value is -2.62. The summed E-state index contributed by atoms with van der Waals surface area (Å²) >= 11 is 0. The fourth-order valence-electron chi connectivity index (χ4n) is 1.69. The number of nitrogens with one attached hydrogen (secondary N) is 2. The van der Waals surface area contributed by atoms with Crippen LogP contribution < -0.4 is 10.6 Å². The van der Waals surface area contributed by atoms with Crippen molar-refractivity contribution in [1.29, 1.82) is 0 Å². The number of anilines is 2. The molecule has 0 saturated carbocycles. The molecular weight excluding hydrogens is 250 g/mol. The molecule has 1 aromatic heterocycles. The van der Waals surface area contributed by atoms with Crippen LogP contribution in [-0.2, 0) is 0 Å². The summed E-state index contributed by atoms with van der Waals surface area (Å²) in [5.41, 5.74) is 3.23. The second kappa shape index (κ2) is 6.52. The molecule has 0 spiro atoms. The highest BCUT2D eigenvalue weighted by Crippen LogP contribution is 2.13. The van der Waals surface area contributed by atoms with Gasteiger partial charge in [0.15, 0.2) is 0 Å². The van der Waals surface area contributed by atoms with Crippen molar-refractivity contribution >= 4 is 17.3 Å². The Morgan fingerprint density at radius 2 is 2.00 bits per heavy atom. The molecule has 0 bridgehead atoms. The zero-order valence-electron chi connectivity index (χ0n) is 11.4. The SMILES string of the molecule is C=CCNc1cncc(C(=O)Nc2ccc(C)cc2)c1. The number of aryl methyl sites for hydroxylation is 1. The van der Waals surface area contributed by atoms with Gasteiger partial charge in [-0.1, -0.05) is 23.8 Å². The summed E-state index contributed by atoms with van der Waals surface area (Å²) in [4.78, 5) is 16.2. The van der Waals surface area contributed by atoms with Gasteiger partial charge >= 0.3 is 0 Å². The first-order valence-electron chi connectivity index (χ1n) is 6.37. The van der Waals surface area contributed by atoms with Crippen LogP contribution in [0.5, 0.6) is 0 Å². The summed E-state index contributed by atoms with van der Waals surface area (Å²) in [5, 5.41) is 5.94. The maximum Gasteiger partial charge on any atom is 0.257 e. The Balaban J connectivity index is 2.08. The van der Waals surface area contributed by atoms with Crippen LogP contribution in [0, 0.1) is 6.92 Å². The molecule has 1 aromatic carbocycles. The number of carbonyl (C=O) groups is 1. The van der Waals surface area contributed by atoms with Crippen molar-refractivity contribution < 1.29 is 4.79 Å². The number of hydrogen-bond donors (Lipinski definition) is 2. The van der Waals surface area contributed by atoms with E-state index in [2.05, 4.69) is 22.2 Å². The first-order chi connectivity index (χ1) is 9.69. The van der Waals surface area contributed by atoms with Crippen molar-refractivity contribution in [3.63, 3.8) is 0 Å². The van der Waals surface area contributed by atoms with Crippen LogP contribution in [0.2, 0.25) is 0 Å². The smallest absolute Gasteiger partial charge is 0.257 e. The van der Waals surface area contributed by atoms with Gasteiger partial charge in [-0.25, -0.2) is 0 Å². The van der Waals surface area contributed by atoms with Gasteiger partial charge in [0, 0.05) is 24.6 Å². The van der Waals surface area contributed by atoms with E-state index in [0.29, 0.717) is 12.1 Å². The van der Waals surface area contributed by atoms with E-state index in [4.69, 9.17) is 0 Å². The highest BCUT2D eigenvalue weighted by atomic mass is 16.1. The number of pyridine rings is 1. The maximum absolute atomic E-state index is 12.1. The molecule has 4 nitrogen and oxygen atoms in total. The third-order valence-corrected chi connectivity index (χ3v) is 2.76. The Morgan fingerprint density at radius 3 is 2.70 bits per heavy atom. The van der Waals surface area contributed by atoms with Crippen LogP contribution in [0.1, 0.15) is 15.9 Å². The van der Waals surface area contributed by atoms with Crippen LogP contribution in [0.15, 0.2) is 55.4 Å². The predicted octanol–water partition coefficient (Wildman–Crippen LogP) is 3.24. The molecule has 0 fully saturated rings. The average Bonchev–Trinajstić information content (AvgIpc) is 2.48. The largest absolute Gasteiger partial charge is 0.380 e. The predicted molar refractivity (Wildman–Crippen MR) is 82.1 cm³/mol. The molecule has 2 rings (SSSR count). The standard InChI is InChI=1S/C16H17N3O/c1-3-8-18-15-9-13(10-17-11-15)16(20)19-14-6-4-12(2)5-7-14/h3-7,9-11,18H,1,8H2,2H3,(H,19,20). The van der Waals surface area contributed by atoms with E-state index in [0.717, 1.165) is 16.9 Å². The molecular formula is C16H17N3O. The Kier molecular flexibility index (Phi) is 4.50. The van der Waals surface area contributed by atoms with Crippen molar-refractivity contribution in [3.8, 4) is 0 Å². The third kappa shape index (κ3) is 3.68. The number of hydrogen-bond acceptors (Lipinski definition) is 3. The van der Waals surface area contributed by atoms with Crippen molar-refractivity contribution in [3.05, 3.63) is 66.5 Å². The number of rotatable bonds is 5. The summed E-state index contributed by atoms with van der Waals surface area (Å²) in [6.07, 6.45) is 4.97. The van der Waals surface area contributed by atoms with Gasteiger partial charge in [-0.3, -0.25) is 9.78 Å². The summed E-state index contributed by atoms with van der Waals surface area (Å²) in [7, 11) is 0. The first-order valence-corrected chi connectivity index (χ1v) is 6.37. The maximum atomic E-state index is 12.1. The quantitative estimate of drug-likeness (QED) is 0.818. The monoisotopic (exact) mass is 267 g/mol. The van der Waals surface area contributed by atoms with Crippen LogP contribution in [0.25, 0.3) is 0 Å². The van der Waals surface area contributed by atoms with Crippen molar-refractivity contribution in [2.75, 3.05) is 17.2 Å². The summed E-state index contributed by atoms with van der Waals surface area (Å²) in [6.45, 7) is 6.27. The van der Waals surface area contributed by atoms with Crippen molar-refractivity contribution in [2.45, 2.75) is 6.92 Å². The minimum Gasteiger partial charge on any atom is -0.380 e. The molecule has 0 atom stereocenters. The van der Waals surface area contributed by atoms with Gasteiger partial charge in [-0.2, -0.15) is 0 Å². The lowest BCUT2D eigenvalue weighted by molar-refractivity contribution is 0.102. The summed E-state index contributed by atoms with van der Waals surface area (Å²) < 4.78 is 0. The second-order valence-electron chi connectivity index (χ2n) is 4.45. The lowest BCUT2D eigenvalue weighted by atomic mass is 10.2. The normalized spacial score (nSPS) is 9.85. The zero-order chi connectivity index (χ0) is 14.4. The Bertz CT molecular complexity index is 605. The number of aromatic nitrogens is 1. The molecule has 0 radical (unpaired) electrons. The van der Waals surface area contributed by atoms with Gasteiger partial charge in [-0.15, -0.1) is 6.58 Å². The van der Waals surface area contributed by atoms with E-state index in [1.807, 2.05) is 31.2 Å². The van der Waals surface area contributed by atoms with Gasteiger partial charge in [0.25, 0.3) is 5.91 Å². The minimum atomic E-state index is -0.177. The molecule has 4 heteroatoms. The first kappa shape index (κ1) is 13.8. The van der Waals surface area contributed by atoms with Gasteiger partial charge in [0.05, 0.1) is 11.3 Å². The fraction of sp³-hybridized carbons (Fsp3) is 0.125. The molecule has 102 valence electrons. The lowest BCUT2D eigenvalue weighted by Crippen LogP contribution is -2.12. The summed E-state index contributed by atoms with van der Waals surface area (Å²) in [5.74, 6) is -0.177. The van der Waals surface area contributed by atoms with Gasteiger partial charge in [0.1, 0.15) is 0 Å². The van der Waals surface area contributed by atoms with E-state index >= 15 is 0 Å². The van der Waals surface area contributed by atoms with E-state index in [1.54, 1.807) is 24.5 Å². The van der Waals surface area contributed by atoms with Crippen LogP contribution in [0.4, 0.5) is 11.4 Å². The average molecular weight is 267 g/mol. The highest BCUT2D eigenvalue weighted by Gasteiger charge is 2.07. The van der Waals surface area contributed by atoms with E-state index in [9.17, 15) is 4.79 Å². The zero-order valence-corrected chi connectivity index (χ0v) is 11.4. The van der Waals surface area contributed by atoms with E-state index < -0.39 is 0 Å². The van der Waals surface area contributed by atoms with Crippen LogP contribution in [0.3, 0.4) is 0 Å². The molecule has 2 N–H and O–H groups in total. The van der Waals surface area contributed by atoms with Gasteiger partial charge < -0.3 is 10.6 Å². The molecule has 2 aromatic rings. The van der Waals surface area contributed by atoms with Gasteiger partial charge in [0.2, 0.25) is 0 Å². The highest BCUT2D eigenvalue weighted by molar-refractivity contribution is 6.04. The number of carbonyl (C=O) groups excluding carboxylic acids is 1. The van der Waals surface area contributed by atoms with Crippen LogP contribution in [-0.4, -0.2) is 17.4 Å². The molecule has 0 aliphatic carbocycles. The second-order valence-corrected chi connectivity index (χ2v) is 4.45. The fourth-order valence-corrected chi connectivity index (χ4v) is 1.69. The molecule has 1 heterocycles. The van der Waals surface area contributed by atoms with Crippen molar-refractivity contribution in [2.24, 2.45) is 0 Å². The van der Waals surface area contributed by atoms with E-state index in [1.165, 1.54) is 0 Å². The number of nitrogens with zero attached hydrogens (tertiary/aromatic N) is 1. The summed E-state index contributed by atoms with van der Waals surface area (Å²) in [6, 6.07) is 9.42. The number of benzene rings is 1. The molecule has 0 unspecified atom stereocenters. The molecule has 0 saturated heterocycles. The topological polar surface area (TPSA) is 54.0 Å². The minimum absolute atomic E-state index is 0.177. The molecule has 20 heavy (non-hydrogen) atoms. The van der Waals surface area contributed by atoms with Crippen LogP contribution >= 0.6 is 0 Å². The number of amides is 1. The molecule has 1 amide bonds. The van der Waals surface area contributed by atoms with Gasteiger partial charge in [-0.05, 0) is 25.1 Å². The van der Waals surface area contributed by atoms with E-state index in [-0.39, 0.29) is 5.91 Å². The molecule has 0 aliphatic rings.